The van der Waals surface area contributed by atoms with Gasteiger partial charge in [-0.1, -0.05) is 49.3 Å². The second-order valence-electron chi connectivity index (χ2n) is 3.31. The lowest BCUT2D eigenvalue weighted by atomic mass is 9.93. The van der Waals surface area contributed by atoms with Gasteiger partial charge in [0, 0.05) is 9.84 Å². The number of halogens is 3. The van der Waals surface area contributed by atoms with Crippen LogP contribution >= 0.6 is 22.6 Å². The highest BCUT2D eigenvalue weighted by atomic mass is 127. The standard InChI is InChI=1S/C9H17F2IO/c1-3-4-5-7(6(2)12)8(13)9(10)11/h6-9,13H,3-5H2,1-2H3/t6?,7-,8+/m0/s1. The minimum Gasteiger partial charge on any atom is -0.387 e. The lowest BCUT2D eigenvalue weighted by molar-refractivity contribution is -0.0395. The Bertz CT molecular complexity index is 131. The van der Waals surface area contributed by atoms with Crippen molar-refractivity contribution < 1.29 is 13.9 Å². The smallest absolute Gasteiger partial charge is 0.264 e. The van der Waals surface area contributed by atoms with E-state index in [0.717, 1.165) is 12.8 Å². The number of hydrogen-bond donors (Lipinski definition) is 1. The zero-order chi connectivity index (χ0) is 10.4. The van der Waals surface area contributed by atoms with E-state index in [2.05, 4.69) is 22.6 Å². The molecule has 0 radical (unpaired) electrons. The van der Waals surface area contributed by atoms with E-state index >= 15 is 0 Å². The Labute approximate surface area is 92.0 Å². The second kappa shape index (κ2) is 6.92. The third kappa shape index (κ3) is 5.10. The highest BCUT2D eigenvalue weighted by molar-refractivity contribution is 14.1. The monoisotopic (exact) mass is 306 g/mol. The average Bonchev–Trinajstić information content (AvgIpc) is 2.04. The molecule has 0 fully saturated rings. The lowest BCUT2D eigenvalue weighted by Gasteiger charge is -2.24. The predicted octanol–water partition coefficient (Wildman–Crippen LogP) is 3.24. The van der Waals surface area contributed by atoms with Crippen molar-refractivity contribution in [3.63, 3.8) is 0 Å². The molecule has 1 N–H and O–H groups in total. The second-order valence-corrected chi connectivity index (χ2v) is 5.27. The number of rotatable bonds is 6. The van der Waals surface area contributed by atoms with E-state index in [4.69, 9.17) is 0 Å². The van der Waals surface area contributed by atoms with E-state index < -0.39 is 12.5 Å². The molecule has 13 heavy (non-hydrogen) atoms. The highest BCUT2D eigenvalue weighted by Gasteiger charge is 2.29. The molecule has 0 heterocycles. The Morgan fingerprint density at radius 2 is 1.92 bits per heavy atom. The topological polar surface area (TPSA) is 20.2 Å². The Morgan fingerprint density at radius 3 is 2.23 bits per heavy atom. The molecule has 0 saturated heterocycles. The van der Waals surface area contributed by atoms with Gasteiger partial charge in [0.1, 0.15) is 6.10 Å². The van der Waals surface area contributed by atoms with E-state index in [9.17, 15) is 13.9 Å². The summed E-state index contributed by atoms with van der Waals surface area (Å²) in [5, 5.41) is 9.23. The molecule has 1 nitrogen and oxygen atoms in total. The zero-order valence-corrected chi connectivity index (χ0v) is 10.2. The molecule has 80 valence electrons. The summed E-state index contributed by atoms with van der Waals surface area (Å²) in [6.07, 6.45) is -1.50. The molecule has 0 amide bonds. The van der Waals surface area contributed by atoms with Gasteiger partial charge in [0.25, 0.3) is 6.43 Å². The maximum Gasteiger partial charge on any atom is 0.264 e. The molecule has 0 saturated carbocycles. The van der Waals surface area contributed by atoms with Gasteiger partial charge in [0.15, 0.2) is 0 Å². The first-order valence-corrected chi connectivity index (χ1v) is 5.85. The van der Waals surface area contributed by atoms with E-state index in [1.807, 2.05) is 13.8 Å². The van der Waals surface area contributed by atoms with Crippen LogP contribution < -0.4 is 0 Å². The summed E-state index contributed by atoms with van der Waals surface area (Å²) in [6.45, 7) is 3.89. The molecular weight excluding hydrogens is 289 g/mol. The molecule has 1 unspecified atom stereocenters. The fourth-order valence-electron chi connectivity index (χ4n) is 1.30. The van der Waals surface area contributed by atoms with Crippen LogP contribution in [-0.4, -0.2) is 21.6 Å². The highest BCUT2D eigenvalue weighted by Crippen LogP contribution is 2.26. The summed E-state index contributed by atoms with van der Waals surface area (Å²) in [4.78, 5) is 0. The minimum atomic E-state index is -2.61. The van der Waals surface area contributed by atoms with E-state index in [-0.39, 0.29) is 9.84 Å². The van der Waals surface area contributed by atoms with Gasteiger partial charge in [0.05, 0.1) is 0 Å². The summed E-state index contributed by atoms with van der Waals surface area (Å²) in [6, 6.07) is 0. The number of hydrogen-bond acceptors (Lipinski definition) is 1. The first kappa shape index (κ1) is 13.5. The van der Waals surface area contributed by atoms with Crippen molar-refractivity contribution in [1.82, 2.24) is 0 Å². The van der Waals surface area contributed by atoms with Crippen LogP contribution in [0.15, 0.2) is 0 Å². The number of alkyl halides is 3. The molecule has 0 aromatic carbocycles. The maximum absolute atomic E-state index is 12.2. The summed E-state index contributed by atoms with van der Waals surface area (Å²) in [7, 11) is 0. The first-order chi connectivity index (χ1) is 6.00. The van der Waals surface area contributed by atoms with Gasteiger partial charge in [0.2, 0.25) is 0 Å². The van der Waals surface area contributed by atoms with Gasteiger partial charge in [-0.05, 0) is 6.42 Å². The molecule has 0 aliphatic heterocycles. The fraction of sp³-hybridized carbons (Fsp3) is 1.00. The van der Waals surface area contributed by atoms with Gasteiger partial charge in [-0.3, -0.25) is 0 Å². The third-order valence-electron chi connectivity index (χ3n) is 2.18. The number of aliphatic hydroxyl groups is 1. The molecule has 4 heteroatoms. The molecule has 0 aliphatic carbocycles. The number of unbranched alkanes of at least 4 members (excludes halogenated alkanes) is 1. The van der Waals surface area contributed by atoms with Gasteiger partial charge < -0.3 is 5.11 Å². The van der Waals surface area contributed by atoms with Crippen LogP contribution in [0.25, 0.3) is 0 Å². The summed E-state index contributed by atoms with van der Waals surface area (Å²) in [5.41, 5.74) is 0. The van der Waals surface area contributed by atoms with Crippen LogP contribution in [0.1, 0.15) is 33.1 Å². The molecule has 0 rings (SSSR count). The van der Waals surface area contributed by atoms with Crippen molar-refractivity contribution in [2.75, 3.05) is 0 Å². The predicted molar refractivity (Wildman–Crippen MR) is 58.5 cm³/mol. The largest absolute Gasteiger partial charge is 0.387 e. The molecule has 0 aromatic heterocycles. The molecule has 0 spiro atoms. The van der Waals surface area contributed by atoms with Gasteiger partial charge >= 0.3 is 0 Å². The van der Waals surface area contributed by atoms with Gasteiger partial charge in [-0.15, -0.1) is 0 Å². The summed E-state index contributed by atoms with van der Waals surface area (Å²) >= 11 is 2.10. The maximum atomic E-state index is 12.2. The zero-order valence-electron chi connectivity index (χ0n) is 8.01. The van der Waals surface area contributed by atoms with Crippen molar-refractivity contribution in [1.29, 1.82) is 0 Å². The quantitative estimate of drug-likeness (QED) is 0.590. The fourth-order valence-corrected chi connectivity index (χ4v) is 2.08. The average molecular weight is 306 g/mol. The number of aliphatic hydroxyl groups excluding tert-OH is 1. The molecule has 0 aliphatic rings. The Morgan fingerprint density at radius 1 is 1.38 bits per heavy atom. The Hall–Kier alpha value is 0.550. The normalized spacial score (nSPS) is 18.7. The third-order valence-corrected chi connectivity index (χ3v) is 3.10. The lowest BCUT2D eigenvalue weighted by Crippen LogP contribution is -2.32. The van der Waals surface area contributed by atoms with E-state index in [1.54, 1.807) is 0 Å². The summed E-state index contributed by atoms with van der Waals surface area (Å²) in [5.74, 6) is -0.277. The van der Waals surface area contributed by atoms with Crippen LogP contribution in [0.3, 0.4) is 0 Å². The van der Waals surface area contributed by atoms with Crippen LogP contribution in [0, 0.1) is 5.92 Å². The van der Waals surface area contributed by atoms with Crippen LogP contribution in [0.5, 0.6) is 0 Å². The molecule has 0 aromatic rings. The van der Waals surface area contributed by atoms with Crippen molar-refractivity contribution in [2.45, 2.75) is 49.6 Å². The van der Waals surface area contributed by atoms with Crippen LogP contribution in [0.4, 0.5) is 8.78 Å². The van der Waals surface area contributed by atoms with Crippen molar-refractivity contribution >= 4 is 22.6 Å². The van der Waals surface area contributed by atoms with Crippen molar-refractivity contribution in [2.24, 2.45) is 5.92 Å². The Balaban J connectivity index is 4.07. The van der Waals surface area contributed by atoms with Crippen molar-refractivity contribution in [3.05, 3.63) is 0 Å². The van der Waals surface area contributed by atoms with Gasteiger partial charge in [-0.25, -0.2) is 8.78 Å². The van der Waals surface area contributed by atoms with Gasteiger partial charge in [-0.2, -0.15) is 0 Å². The van der Waals surface area contributed by atoms with Crippen molar-refractivity contribution in [3.8, 4) is 0 Å². The SMILES string of the molecule is CCCC[C@@H](C(C)I)[C@@H](O)C(F)F. The molecule has 0 bridgehead atoms. The summed E-state index contributed by atoms with van der Waals surface area (Å²) < 4.78 is 24.5. The molecule has 3 atom stereocenters. The Kier molecular flexibility index (Phi) is 7.22. The first-order valence-electron chi connectivity index (χ1n) is 4.61. The molecular formula is C9H17F2IO. The van der Waals surface area contributed by atoms with E-state index in [0.29, 0.717) is 6.42 Å². The van der Waals surface area contributed by atoms with Crippen LogP contribution in [0.2, 0.25) is 0 Å². The van der Waals surface area contributed by atoms with E-state index in [1.165, 1.54) is 0 Å². The minimum absolute atomic E-state index is 0.0909. The van der Waals surface area contributed by atoms with Crippen LogP contribution in [-0.2, 0) is 0 Å².